The standard InChI is InChI=1S/C15H14FN5O2S/c16-9-3-4-12-17-10(8-21(12)7-9)6-13(22)18-15-20-19-14(24-15)11-2-1-5-23-11/h3-4,7-8,11H,1-2,5-6H2,(H,18,20,22). The Morgan fingerprint density at radius 3 is 3.17 bits per heavy atom. The molecule has 4 rings (SSSR count). The fourth-order valence-electron chi connectivity index (χ4n) is 2.62. The maximum absolute atomic E-state index is 13.2. The third-order valence-electron chi connectivity index (χ3n) is 3.70. The first-order valence-electron chi connectivity index (χ1n) is 7.55. The van der Waals surface area contributed by atoms with Gasteiger partial charge in [-0.05, 0) is 25.0 Å². The van der Waals surface area contributed by atoms with E-state index in [9.17, 15) is 9.18 Å². The molecule has 0 radical (unpaired) electrons. The number of pyridine rings is 1. The molecule has 1 saturated heterocycles. The van der Waals surface area contributed by atoms with Crippen LogP contribution in [0.15, 0.2) is 24.5 Å². The van der Waals surface area contributed by atoms with Crippen LogP contribution < -0.4 is 5.32 Å². The van der Waals surface area contributed by atoms with Crippen molar-refractivity contribution >= 4 is 28.0 Å². The third-order valence-corrected chi connectivity index (χ3v) is 4.63. The molecule has 0 aliphatic carbocycles. The Balaban J connectivity index is 1.42. The van der Waals surface area contributed by atoms with Gasteiger partial charge in [-0.3, -0.25) is 4.79 Å². The number of rotatable bonds is 4. The van der Waals surface area contributed by atoms with E-state index in [1.54, 1.807) is 16.7 Å². The van der Waals surface area contributed by atoms with E-state index in [4.69, 9.17) is 4.74 Å². The number of amides is 1. The molecular weight excluding hydrogens is 333 g/mol. The van der Waals surface area contributed by atoms with Crippen molar-refractivity contribution in [2.75, 3.05) is 11.9 Å². The highest BCUT2D eigenvalue weighted by Gasteiger charge is 2.22. The second-order valence-electron chi connectivity index (χ2n) is 5.52. The largest absolute Gasteiger partial charge is 0.371 e. The second-order valence-corrected chi connectivity index (χ2v) is 6.53. The first-order valence-corrected chi connectivity index (χ1v) is 8.37. The topological polar surface area (TPSA) is 81.4 Å². The minimum atomic E-state index is -0.355. The lowest BCUT2D eigenvalue weighted by Crippen LogP contribution is -2.14. The molecule has 1 aliphatic rings. The SMILES string of the molecule is O=C(Cc1cn2cc(F)ccc2n1)Nc1nnc(C2CCCO2)s1. The molecule has 1 amide bonds. The van der Waals surface area contributed by atoms with Crippen molar-refractivity contribution < 1.29 is 13.9 Å². The molecular formula is C15H14FN5O2S. The van der Waals surface area contributed by atoms with Gasteiger partial charge in [-0.15, -0.1) is 10.2 Å². The minimum absolute atomic E-state index is 0.0125. The minimum Gasteiger partial charge on any atom is -0.371 e. The number of halogens is 1. The molecule has 1 atom stereocenters. The fraction of sp³-hybridized carbons (Fsp3) is 0.333. The van der Waals surface area contributed by atoms with Crippen LogP contribution in [0.5, 0.6) is 0 Å². The van der Waals surface area contributed by atoms with Crippen molar-refractivity contribution in [2.24, 2.45) is 0 Å². The number of hydrogen-bond acceptors (Lipinski definition) is 6. The van der Waals surface area contributed by atoms with Crippen molar-refractivity contribution in [3.8, 4) is 0 Å². The van der Waals surface area contributed by atoms with Crippen molar-refractivity contribution in [1.82, 2.24) is 19.6 Å². The highest BCUT2D eigenvalue weighted by Crippen LogP contribution is 2.31. The van der Waals surface area contributed by atoms with Crippen LogP contribution in [0.3, 0.4) is 0 Å². The zero-order valence-electron chi connectivity index (χ0n) is 12.6. The van der Waals surface area contributed by atoms with Gasteiger partial charge in [-0.25, -0.2) is 9.37 Å². The van der Waals surface area contributed by atoms with E-state index in [-0.39, 0.29) is 24.2 Å². The molecule has 0 saturated carbocycles. The van der Waals surface area contributed by atoms with Crippen LogP contribution in [0.25, 0.3) is 5.65 Å². The van der Waals surface area contributed by atoms with E-state index in [0.717, 1.165) is 24.5 Å². The van der Waals surface area contributed by atoms with Crippen LogP contribution in [0.4, 0.5) is 9.52 Å². The highest BCUT2D eigenvalue weighted by molar-refractivity contribution is 7.15. The lowest BCUT2D eigenvalue weighted by molar-refractivity contribution is -0.115. The lowest BCUT2D eigenvalue weighted by atomic mass is 10.2. The Morgan fingerprint density at radius 2 is 2.33 bits per heavy atom. The molecule has 0 spiro atoms. The molecule has 1 fully saturated rings. The molecule has 3 aromatic rings. The molecule has 3 aromatic heterocycles. The number of nitrogens with one attached hydrogen (secondary N) is 1. The van der Waals surface area contributed by atoms with Gasteiger partial charge in [0, 0.05) is 19.0 Å². The summed E-state index contributed by atoms with van der Waals surface area (Å²) < 4.78 is 20.3. The van der Waals surface area contributed by atoms with Gasteiger partial charge in [0.1, 0.15) is 22.6 Å². The Labute approximate surface area is 140 Å². The molecule has 124 valence electrons. The van der Waals surface area contributed by atoms with Crippen LogP contribution in [-0.2, 0) is 16.0 Å². The molecule has 7 nitrogen and oxygen atoms in total. The number of carbonyl (C=O) groups is 1. The van der Waals surface area contributed by atoms with E-state index < -0.39 is 0 Å². The van der Waals surface area contributed by atoms with Crippen LogP contribution in [0, 0.1) is 5.82 Å². The Morgan fingerprint density at radius 1 is 1.42 bits per heavy atom. The van der Waals surface area contributed by atoms with Gasteiger partial charge in [0.15, 0.2) is 0 Å². The van der Waals surface area contributed by atoms with E-state index in [1.807, 2.05) is 0 Å². The van der Waals surface area contributed by atoms with Crippen molar-refractivity contribution in [1.29, 1.82) is 0 Å². The fourth-order valence-corrected chi connectivity index (χ4v) is 3.46. The van der Waals surface area contributed by atoms with E-state index in [0.29, 0.717) is 16.5 Å². The Kier molecular flexibility index (Phi) is 3.95. The second kappa shape index (κ2) is 6.25. The Hall–Kier alpha value is -2.39. The summed E-state index contributed by atoms with van der Waals surface area (Å²) in [6.07, 6.45) is 4.97. The molecule has 0 bridgehead atoms. The number of anilines is 1. The monoisotopic (exact) mass is 347 g/mol. The van der Waals surface area contributed by atoms with E-state index in [1.165, 1.54) is 23.6 Å². The predicted octanol–water partition coefficient (Wildman–Crippen LogP) is 2.36. The van der Waals surface area contributed by atoms with E-state index in [2.05, 4.69) is 20.5 Å². The molecule has 1 aliphatic heterocycles. The van der Waals surface area contributed by atoms with Crippen molar-refractivity contribution in [3.05, 3.63) is 41.0 Å². The highest BCUT2D eigenvalue weighted by atomic mass is 32.1. The summed E-state index contributed by atoms with van der Waals surface area (Å²) in [6, 6.07) is 2.90. The maximum atomic E-state index is 13.2. The molecule has 4 heterocycles. The number of ether oxygens (including phenoxy) is 1. The molecule has 1 N–H and O–H groups in total. The smallest absolute Gasteiger partial charge is 0.232 e. The molecule has 9 heteroatoms. The molecule has 1 unspecified atom stereocenters. The predicted molar refractivity (Wildman–Crippen MR) is 85.3 cm³/mol. The van der Waals surface area contributed by atoms with Gasteiger partial charge >= 0.3 is 0 Å². The van der Waals surface area contributed by atoms with Crippen LogP contribution in [0.2, 0.25) is 0 Å². The maximum Gasteiger partial charge on any atom is 0.232 e. The number of hydrogen-bond donors (Lipinski definition) is 1. The van der Waals surface area contributed by atoms with Crippen LogP contribution >= 0.6 is 11.3 Å². The molecule has 0 aromatic carbocycles. The number of aromatic nitrogens is 4. The Bertz CT molecular complexity index is 887. The van der Waals surface area contributed by atoms with Gasteiger partial charge in [-0.2, -0.15) is 0 Å². The molecule has 24 heavy (non-hydrogen) atoms. The number of imidazole rings is 1. The normalized spacial score (nSPS) is 17.5. The van der Waals surface area contributed by atoms with E-state index >= 15 is 0 Å². The number of fused-ring (bicyclic) bond motifs is 1. The summed E-state index contributed by atoms with van der Waals surface area (Å²) >= 11 is 1.32. The van der Waals surface area contributed by atoms with Crippen LogP contribution in [0.1, 0.15) is 29.6 Å². The first kappa shape index (κ1) is 15.2. The van der Waals surface area contributed by atoms with Crippen molar-refractivity contribution in [2.45, 2.75) is 25.4 Å². The average molecular weight is 347 g/mol. The van der Waals surface area contributed by atoms with Crippen LogP contribution in [-0.4, -0.2) is 32.1 Å². The quantitative estimate of drug-likeness (QED) is 0.783. The van der Waals surface area contributed by atoms with Crippen molar-refractivity contribution in [3.63, 3.8) is 0 Å². The summed E-state index contributed by atoms with van der Waals surface area (Å²) in [5, 5.41) is 12.0. The number of carbonyl (C=O) groups excluding carboxylic acids is 1. The average Bonchev–Trinajstić information content (AvgIpc) is 3.25. The zero-order valence-corrected chi connectivity index (χ0v) is 13.4. The summed E-state index contributed by atoms with van der Waals surface area (Å²) in [7, 11) is 0. The van der Waals surface area contributed by atoms with Gasteiger partial charge in [0.25, 0.3) is 0 Å². The summed E-state index contributed by atoms with van der Waals surface area (Å²) in [4.78, 5) is 16.4. The first-order chi connectivity index (χ1) is 11.7. The summed E-state index contributed by atoms with van der Waals surface area (Å²) in [6.45, 7) is 0.737. The van der Waals surface area contributed by atoms with Gasteiger partial charge in [-0.1, -0.05) is 11.3 Å². The number of nitrogens with zero attached hydrogens (tertiary/aromatic N) is 4. The van der Waals surface area contributed by atoms with Gasteiger partial charge < -0.3 is 14.5 Å². The summed E-state index contributed by atoms with van der Waals surface area (Å²) in [5.74, 6) is -0.597. The summed E-state index contributed by atoms with van der Waals surface area (Å²) in [5.41, 5.74) is 1.15. The van der Waals surface area contributed by atoms with Gasteiger partial charge in [0.05, 0.1) is 12.1 Å². The van der Waals surface area contributed by atoms with Gasteiger partial charge in [0.2, 0.25) is 11.0 Å². The third kappa shape index (κ3) is 3.13. The lowest BCUT2D eigenvalue weighted by Gasteiger charge is -2.02. The zero-order chi connectivity index (χ0) is 16.5.